The average Bonchev–Trinajstić information content (AvgIpc) is 3.07. The highest BCUT2D eigenvalue weighted by Gasteiger charge is 2.34. The molecule has 1 aliphatic carbocycles. The summed E-state index contributed by atoms with van der Waals surface area (Å²) in [6.45, 7) is 7.30. The van der Waals surface area contributed by atoms with Gasteiger partial charge in [-0.05, 0) is 93.5 Å². The fraction of sp³-hybridized carbons (Fsp3) is 0.423. The Labute approximate surface area is 197 Å². The zero-order chi connectivity index (χ0) is 24.5. The van der Waals surface area contributed by atoms with Crippen LogP contribution >= 0.6 is 0 Å². The van der Waals surface area contributed by atoms with Gasteiger partial charge in [-0.15, -0.1) is 0 Å². The van der Waals surface area contributed by atoms with E-state index in [0.29, 0.717) is 30.1 Å². The molecule has 0 aliphatic heterocycles. The Bertz CT molecular complexity index is 1160. The first kappa shape index (κ1) is 24.1. The fourth-order valence-corrected chi connectivity index (χ4v) is 4.52. The third-order valence-corrected chi connectivity index (χ3v) is 6.04. The van der Waals surface area contributed by atoms with Gasteiger partial charge < -0.3 is 20.4 Å². The lowest BCUT2D eigenvalue weighted by Gasteiger charge is -2.36. The zero-order valence-electron chi connectivity index (χ0n) is 19.6. The molecule has 1 amide bonds. The molecule has 34 heavy (non-hydrogen) atoms. The molecule has 4 rings (SSSR count). The van der Waals surface area contributed by atoms with E-state index in [-0.39, 0.29) is 17.3 Å². The van der Waals surface area contributed by atoms with Gasteiger partial charge in [-0.3, -0.25) is 0 Å². The van der Waals surface area contributed by atoms with Crippen LogP contribution < -0.4 is 10.6 Å². The minimum atomic E-state index is -0.639. The Kier molecular flexibility index (Phi) is 6.89. The Hall–Kier alpha value is -3.00. The number of hydrogen-bond acceptors (Lipinski definition) is 3. The third kappa shape index (κ3) is 5.55. The van der Waals surface area contributed by atoms with Gasteiger partial charge in [-0.2, -0.15) is 0 Å². The number of rotatable bonds is 7. The molecule has 0 bridgehead atoms. The first-order chi connectivity index (χ1) is 16.1. The SMILES string of the molecule is CC(C)(C)OC(=O)NCCNCC1CC(c2c(-c3ccc(F)cc3)[nH]c3c(F)cc(F)cc23)C1. The first-order valence-electron chi connectivity index (χ1n) is 11.5. The normalized spacial score (nSPS) is 18.1. The molecule has 2 aromatic carbocycles. The number of fused-ring (bicyclic) bond motifs is 1. The lowest BCUT2D eigenvalue weighted by atomic mass is 9.70. The number of aromatic amines is 1. The Morgan fingerprint density at radius 3 is 2.44 bits per heavy atom. The van der Waals surface area contributed by atoms with Crippen LogP contribution in [0.3, 0.4) is 0 Å². The van der Waals surface area contributed by atoms with E-state index in [2.05, 4.69) is 15.6 Å². The van der Waals surface area contributed by atoms with Crippen LogP contribution in [0.15, 0.2) is 36.4 Å². The van der Waals surface area contributed by atoms with Gasteiger partial charge in [-0.1, -0.05) is 0 Å². The second kappa shape index (κ2) is 9.70. The van der Waals surface area contributed by atoms with Crippen molar-refractivity contribution in [3.05, 3.63) is 59.4 Å². The summed E-state index contributed by atoms with van der Waals surface area (Å²) in [5, 5.41) is 6.59. The van der Waals surface area contributed by atoms with Crippen LogP contribution in [0.4, 0.5) is 18.0 Å². The lowest BCUT2D eigenvalue weighted by Crippen LogP contribution is -2.38. The zero-order valence-corrected chi connectivity index (χ0v) is 19.6. The molecule has 0 radical (unpaired) electrons. The molecule has 1 heterocycles. The molecule has 182 valence electrons. The van der Waals surface area contributed by atoms with Crippen LogP contribution in [0.25, 0.3) is 22.2 Å². The summed E-state index contributed by atoms with van der Waals surface area (Å²) in [4.78, 5) is 14.8. The Balaban J connectivity index is 1.39. The maximum Gasteiger partial charge on any atom is 0.407 e. The number of carbonyl (C=O) groups is 1. The number of hydrogen-bond donors (Lipinski definition) is 3. The van der Waals surface area contributed by atoms with Gasteiger partial charge in [0.2, 0.25) is 0 Å². The largest absolute Gasteiger partial charge is 0.444 e. The van der Waals surface area contributed by atoms with Crippen LogP contribution in [-0.4, -0.2) is 36.3 Å². The molecule has 0 unspecified atom stereocenters. The Morgan fingerprint density at radius 2 is 1.76 bits per heavy atom. The highest BCUT2D eigenvalue weighted by molar-refractivity contribution is 5.92. The molecule has 8 heteroatoms. The second-order valence-corrected chi connectivity index (χ2v) is 9.90. The predicted octanol–water partition coefficient (Wildman–Crippen LogP) is 5.86. The van der Waals surface area contributed by atoms with Gasteiger partial charge in [0, 0.05) is 24.5 Å². The van der Waals surface area contributed by atoms with Crippen LogP contribution in [0.2, 0.25) is 0 Å². The first-order valence-corrected chi connectivity index (χ1v) is 11.5. The van der Waals surface area contributed by atoms with E-state index in [4.69, 9.17) is 4.74 Å². The molecule has 0 spiro atoms. The van der Waals surface area contributed by atoms with Crippen LogP contribution in [0.5, 0.6) is 0 Å². The van der Waals surface area contributed by atoms with E-state index in [1.165, 1.54) is 18.2 Å². The van der Waals surface area contributed by atoms with Crippen molar-refractivity contribution in [2.45, 2.75) is 45.1 Å². The summed E-state index contributed by atoms with van der Waals surface area (Å²) in [5.41, 5.74) is 2.06. The van der Waals surface area contributed by atoms with Crippen molar-refractivity contribution in [1.29, 1.82) is 0 Å². The molecule has 1 aliphatic rings. The third-order valence-electron chi connectivity index (χ3n) is 6.04. The lowest BCUT2D eigenvalue weighted by molar-refractivity contribution is 0.0528. The van der Waals surface area contributed by atoms with Gasteiger partial charge in [0.25, 0.3) is 0 Å². The summed E-state index contributed by atoms with van der Waals surface area (Å²) in [7, 11) is 0. The molecule has 1 saturated carbocycles. The van der Waals surface area contributed by atoms with Gasteiger partial charge in [0.1, 0.15) is 23.1 Å². The summed E-state index contributed by atoms with van der Waals surface area (Å²) < 4.78 is 47.2. The van der Waals surface area contributed by atoms with E-state index < -0.39 is 23.3 Å². The van der Waals surface area contributed by atoms with E-state index in [1.807, 2.05) is 20.8 Å². The standard InChI is InChI=1S/C26H30F3N3O2/c1-26(2,3)34-25(33)31-9-8-30-14-15-10-17(11-15)22-20-12-19(28)13-21(29)24(20)32-23(22)16-4-6-18(27)7-5-16/h4-7,12-13,15,17,30,32H,8-11,14H2,1-3H3,(H,31,33). The molecule has 0 atom stereocenters. The van der Waals surface area contributed by atoms with Crippen molar-refractivity contribution in [3.8, 4) is 11.3 Å². The van der Waals surface area contributed by atoms with Crippen molar-refractivity contribution in [2.24, 2.45) is 5.92 Å². The number of nitrogens with one attached hydrogen (secondary N) is 3. The molecule has 3 N–H and O–H groups in total. The molecule has 5 nitrogen and oxygen atoms in total. The fourth-order valence-electron chi connectivity index (χ4n) is 4.52. The number of alkyl carbamates (subject to hydrolysis) is 1. The minimum Gasteiger partial charge on any atom is -0.444 e. The molecule has 3 aromatic rings. The minimum absolute atomic E-state index is 0.140. The van der Waals surface area contributed by atoms with Crippen molar-refractivity contribution in [1.82, 2.24) is 15.6 Å². The number of halogens is 3. The van der Waals surface area contributed by atoms with Gasteiger partial charge in [0.05, 0.1) is 11.2 Å². The molecule has 1 fully saturated rings. The maximum absolute atomic E-state index is 14.5. The van der Waals surface area contributed by atoms with Crippen LogP contribution in [-0.2, 0) is 4.74 Å². The number of amides is 1. The highest BCUT2D eigenvalue weighted by Crippen LogP contribution is 2.48. The molecule has 0 saturated heterocycles. The Morgan fingerprint density at radius 1 is 1.06 bits per heavy atom. The second-order valence-electron chi connectivity index (χ2n) is 9.90. The smallest absolute Gasteiger partial charge is 0.407 e. The topological polar surface area (TPSA) is 66.2 Å². The predicted molar refractivity (Wildman–Crippen MR) is 126 cm³/mol. The van der Waals surface area contributed by atoms with Gasteiger partial charge in [-0.25, -0.2) is 18.0 Å². The highest BCUT2D eigenvalue weighted by atomic mass is 19.1. The van der Waals surface area contributed by atoms with Crippen molar-refractivity contribution in [2.75, 3.05) is 19.6 Å². The average molecular weight is 474 g/mol. The van der Waals surface area contributed by atoms with E-state index >= 15 is 0 Å². The number of carbonyl (C=O) groups excluding carboxylic acids is 1. The number of benzene rings is 2. The van der Waals surface area contributed by atoms with Crippen molar-refractivity contribution in [3.63, 3.8) is 0 Å². The van der Waals surface area contributed by atoms with Crippen molar-refractivity contribution >= 4 is 17.0 Å². The summed E-state index contributed by atoms with van der Waals surface area (Å²) in [6, 6.07) is 8.25. The molecular weight excluding hydrogens is 443 g/mol. The van der Waals surface area contributed by atoms with E-state index in [1.54, 1.807) is 12.1 Å². The van der Waals surface area contributed by atoms with Crippen LogP contribution in [0.1, 0.15) is 45.1 Å². The summed E-state index contributed by atoms with van der Waals surface area (Å²) >= 11 is 0. The van der Waals surface area contributed by atoms with Crippen molar-refractivity contribution < 1.29 is 22.7 Å². The van der Waals surface area contributed by atoms with E-state index in [9.17, 15) is 18.0 Å². The van der Waals surface area contributed by atoms with E-state index in [0.717, 1.165) is 36.6 Å². The maximum atomic E-state index is 14.5. The number of aromatic nitrogens is 1. The summed E-state index contributed by atoms with van der Waals surface area (Å²) in [5.74, 6) is -1.06. The number of ether oxygens (including phenoxy) is 1. The van der Waals surface area contributed by atoms with Gasteiger partial charge >= 0.3 is 6.09 Å². The quantitative estimate of drug-likeness (QED) is 0.377. The van der Waals surface area contributed by atoms with Gasteiger partial charge in [0.15, 0.2) is 0 Å². The molecule has 1 aromatic heterocycles. The number of H-pyrrole nitrogens is 1. The summed E-state index contributed by atoms with van der Waals surface area (Å²) in [6.07, 6.45) is 1.29. The molecular formula is C26H30F3N3O2. The van der Waals surface area contributed by atoms with Crippen LogP contribution in [0, 0.1) is 23.4 Å². The monoisotopic (exact) mass is 473 g/mol.